The molecule has 2 N–H and O–H groups in total. The number of carbonyl (C=O) groups excluding carboxylic acids is 1. The summed E-state index contributed by atoms with van der Waals surface area (Å²) in [5.74, 6) is -1.08. The molecule has 0 bridgehead atoms. The summed E-state index contributed by atoms with van der Waals surface area (Å²) in [5.41, 5.74) is -0.633. The van der Waals surface area contributed by atoms with Crippen molar-refractivity contribution < 1.29 is 19.4 Å². The van der Waals surface area contributed by atoms with Crippen molar-refractivity contribution in [1.82, 2.24) is 5.32 Å². The fourth-order valence-electron chi connectivity index (χ4n) is 0.992. The molecule has 0 fully saturated rings. The molecule has 0 aliphatic rings. The van der Waals surface area contributed by atoms with E-state index in [1.807, 2.05) is 0 Å². The first-order valence-electron chi connectivity index (χ1n) is 5.09. The van der Waals surface area contributed by atoms with Gasteiger partial charge in [0.15, 0.2) is 0 Å². The van der Waals surface area contributed by atoms with Gasteiger partial charge in [-0.05, 0) is 33.6 Å². The molecule has 0 saturated carbocycles. The summed E-state index contributed by atoms with van der Waals surface area (Å²) in [6, 6.07) is -0.937. The van der Waals surface area contributed by atoms with Gasteiger partial charge >= 0.3 is 12.1 Å². The third-order valence-corrected chi connectivity index (χ3v) is 1.65. The molecule has 0 aliphatic heterocycles. The lowest BCUT2D eigenvalue weighted by Gasteiger charge is -2.21. The van der Waals surface area contributed by atoms with E-state index in [4.69, 9.17) is 9.84 Å². The van der Waals surface area contributed by atoms with Crippen LogP contribution in [0.15, 0.2) is 12.7 Å². The molecular formula is C11H19NO4. The maximum absolute atomic E-state index is 11.3. The molecule has 0 heterocycles. The summed E-state index contributed by atoms with van der Waals surface area (Å²) >= 11 is 0. The SMILES string of the molecule is C=CCCC(NC(=O)OC(C)(C)C)C(=O)O. The third-order valence-electron chi connectivity index (χ3n) is 1.65. The molecule has 0 aromatic heterocycles. The first-order chi connectivity index (χ1) is 7.26. The summed E-state index contributed by atoms with van der Waals surface area (Å²) in [5, 5.41) is 11.1. The van der Waals surface area contributed by atoms with Gasteiger partial charge in [0.2, 0.25) is 0 Å². The molecule has 0 aromatic rings. The molecule has 0 aromatic carbocycles. The van der Waals surface area contributed by atoms with E-state index in [9.17, 15) is 9.59 Å². The highest BCUT2D eigenvalue weighted by molar-refractivity contribution is 5.79. The highest BCUT2D eigenvalue weighted by Crippen LogP contribution is 2.07. The number of alkyl carbamates (subject to hydrolysis) is 1. The lowest BCUT2D eigenvalue weighted by Crippen LogP contribution is -2.43. The number of carboxylic acid groups (broad SMARTS) is 1. The predicted octanol–water partition coefficient (Wildman–Crippen LogP) is 1.93. The van der Waals surface area contributed by atoms with Crippen LogP contribution in [0, 0.1) is 0 Å². The van der Waals surface area contributed by atoms with Crippen LogP contribution in [0.4, 0.5) is 4.79 Å². The molecule has 0 aliphatic carbocycles. The molecule has 1 unspecified atom stereocenters. The monoisotopic (exact) mass is 229 g/mol. The number of amides is 1. The third kappa shape index (κ3) is 6.86. The van der Waals surface area contributed by atoms with E-state index in [-0.39, 0.29) is 0 Å². The van der Waals surface area contributed by atoms with Crippen LogP contribution < -0.4 is 5.32 Å². The van der Waals surface area contributed by atoms with E-state index in [2.05, 4.69) is 11.9 Å². The molecule has 1 atom stereocenters. The molecule has 0 radical (unpaired) electrons. The fraction of sp³-hybridized carbons (Fsp3) is 0.636. The maximum Gasteiger partial charge on any atom is 0.408 e. The Balaban J connectivity index is 4.23. The predicted molar refractivity (Wildman–Crippen MR) is 60.2 cm³/mol. The van der Waals surface area contributed by atoms with Crippen LogP contribution in [0.25, 0.3) is 0 Å². The minimum Gasteiger partial charge on any atom is -0.480 e. The summed E-state index contributed by atoms with van der Waals surface area (Å²) < 4.78 is 4.96. The minimum absolute atomic E-state index is 0.304. The zero-order chi connectivity index (χ0) is 12.8. The normalized spacial score (nSPS) is 12.7. The summed E-state index contributed by atoms with van der Waals surface area (Å²) in [6.07, 6.45) is 1.71. The van der Waals surface area contributed by atoms with Gasteiger partial charge in [0.25, 0.3) is 0 Å². The smallest absolute Gasteiger partial charge is 0.408 e. The van der Waals surface area contributed by atoms with Crippen LogP contribution in [0.3, 0.4) is 0 Å². The number of nitrogens with one attached hydrogen (secondary N) is 1. The fourth-order valence-corrected chi connectivity index (χ4v) is 0.992. The van der Waals surface area contributed by atoms with Crippen molar-refractivity contribution in [2.24, 2.45) is 0 Å². The molecular weight excluding hydrogens is 210 g/mol. The molecule has 0 rings (SSSR count). The average molecular weight is 229 g/mol. The van der Waals surface area contributed by atoms with Gasteiger partial charge in [-0.3, -0.25) is 0 Å². The first-order valence-corrected chi connectivity index (χ1v) is 5.09. The second-order valence-electron chi connectivity index (χ2n) is 4.40. The number of carboxylic acids is 1. The largest absolute Gasteiger partial charge is 0.480 e. The van der Waals surface area contributed by atoms with Crippen molar-refractivity contribution in [3.8, 4) is 0 Å². The summed E-state index contributed by atoms with van der Waals surface area (Å²) in [4.78, 5) is 22.1. The van der Waals surface area contributed by atoms with Crippen molar-refractivity contribution in [3.63, 3.8) is 0 Å². The van der Waals surface area contributed by atoms with E-state index < -0.39 is 23.7 Å². The van der Waals surface area contributed by atoms with Crippen molar-refractivity contribution in [2.75, 3.05) is 0 Å². The standard InChI is InChI=1S/C11H19NO4/c1-5-6-7-8(9(13)14)12-10(15)16-11(2,3)4/h5,8H,1,6-7H2,2-4H3,(H,12,15)(H,13,14). The Morgan fingerprint density at radius 3 is 2.44 bits per heavy atom. The van der Waals surface area contributed by atoms with Crippen LogP contribution in [-0.2, 0) is 9.53 Å². The number of ether oxygens (including phenoxy) is 1. The summed E-state index contributed by atoms with van der Waals surface area (Å²) in [7, 11) is 0. The minimum atomic E-state index is -1.08. The van der Waals surface area contributed by atoms with Gasteiger partial charge in [-0.25, -0.2) is 9.59 Å². The van der Waals surface area contributed by atoms with Gasteiger partial charge in [0.1, 0.15) is 11.6 Å². The lowest BCUT2D eigenvalue weighted by atomic mass is 10.1. The van der Waals surface area contributed by atoms with Gasteiger partial charge in [-0.15, -0.1) is 6.58 Å². The number of carbonyl (C=O) groups is 2. The van der Waals surface area contributed by atoms with E-state index in [0.717, 1.165) is 0 Å². The molecule has 1 amide bonds. The molecule has 16 heavy (non-hydrogen) atoms. The number of hydrogen-bond donors (Lipinski definition) is 2. The lowest BCUT2D eigenvalue weighted by molar-refractivity contribution is -0.139. The topological polar surface area (TPSA) is 75.6 Å². The molecule has 5 heteroatoms. The van der Waals surface area contributed by atoms with Crippen LogP contribution >= 0.6 is 0 Å². The highest BCUT2D eigenvalue weighted by Gasteiger charge is 2.22. The van der Waals surface area contributed by atoms with E-state index in [1.54, 1.807) is 26.8 Å². The second kappa shape index (κ2) is 6.15. The van der Waals surface area contributed by atoms with Gasteiger partial charge < -0.3 is 15.2 Å². The van der Waals surface area contributed by atoms with Crippen molar-refractivity contribution in [1.29, 1.82) is 0 Å². The first kappa shape index (κ1) is 14.5. The van der Waals surface area contributed by atoms with Crippen molar-refractivity contribution in [2.45, 2.75) is 45.3 Å². The Labute approximate surface area is 95.5 Å². The number of rotatable bonds is 5. The van der Waals surface area contributed by atoms with Crippen LogP contribution in [0.1, 0.15) is 33.6 Å². The zero-order valence-electron chi connectivity index (χ0n) is 9.95. The van der Waals surface area contributed by atoms with E-state index in [1.165, 1.54) is 0 Å². The van der Waals surface area contributed by atoms with E-state index >= 15 is 0 Å². The van der Waals surface area contributed by atoms with Crippen molar-refractivity contribution in [3.05, 3.63) is 12.7 Å². The summed E-state index contributed by atoms with van der Waals surface area (Å²) in [6.45, 7) is 8.64. The Bertz CT molecular complexity index is 268. The Hall–Kier alpha value is -1.52. The Kier molecular flexibility index (Phi) is 5.56. The van der Waals surface area contributed by atoms with Gasteiger partial charge in [-0.2, -0.15) is 0 Å². The van der Waals surface area contributed by atoms with Crippen molar-refractivity contribution >= 4 is 12.1 Å². The van der Waals surface area contributed by atoms with Crippen LogP contribution in [0.2, 0.25) is 0 Å². The van der Waals surface area contributed by atoms with Gasteiger partial charge in [0, 0.05) is 0 Å². The second-order valence-corrected chi connectivity index (χ2v) is 4.40. The highest BCUT2D eigenvalue weighted by atomic mass is 16.6. The average Bonchev–Trinajstić information content (AvgIpc) is 2.08. The molecule has 0 spiro atoms. The Morgan fingerprint density at radius 1 is 1.50 bits per heavy atom. The number of hydrogen-bond acceptors (Lipinski definition) is 3. The molecule has 0 saturated heterocycles. The molecule has 5 nitrogen and oxygen atoms in total. The van der Waals surface area contributed by atoms with Crippen LogP contribution in [-0.4, -0.2) is 28.8 Å². The van der Waals surface area contributed by atoms with Crippen LogP contribution in [0.5, 0.6) is 0 Å². The molecule has 92 valence electrons. The van der Waals surface area contributed by atoms with Gasteiger partial charge in [-0.1, -0.05) is 6.08 Å². The quantitative estimate of drug-likeness (QED) is 0.706. The number of allylic oxidation sites excluding steroid dienone is 1. The Morgan fingerprint density at radius 2 is 2.06 bits per heavy atom. The number of aliphatic carboxylic acids is 1. The maximum atomic E-state index is 11.3. The zero-order valence-corrected chi connectivity index (χ0v) is 9.95. The van der Waals surface area contributed by atoms with Gasteiger partial charge in [0.05, 0.1) is 0 Å². The van der Waals surface area contributed by atoms with E-state index in [0.29, 0.717) is 12.8 Å².